The van der Waals surface area contributed by atoms with Crippen LogP contribution in [0.5, 0.6) is 0 Å². The number of halogens is 9. The van der Waals surface area contributed by atoms with E-state index in [1.165, 1.54) is 19.6 Å². The van der Waals surface area contributed by atoms with E-state index in [1.54, 1.807) is 0 Å². The van der Waals surface area contributed by atoms with Crippen LogP contribution in [0, 0.1) is 58.4 Å². The highest BCUT2D eigenvalue weighted by atomic mass is 28.3. The minimum atomic E-state index is -3.43. The van der Waals surface area contributed by atoms with Crippen LogP contribution < -0.4 is 4.57 Å². The molecule has 0 saturated carbocycles. The maximum absolute atomic E-state index is 14.2. The summed E-state index contributed by atoms with van der Waals surface area (Å²) in [6.45, 7) is 3.61. The highest BCUT2D eigenvalue weighted by Gasteiger charge is 2.39. The second kappa shape index (κ2) is 6.52. The van der Waals surface area contributed by atoms with E-state index in [9.17, 15) is 39.5 Å². The van der Waals surface area contributed by atoms with Crippen molar-refractivity contribution in [2.75, 3.05) is 4.57 Å². The molecule has 141 valence electrons. The van der Waals surface area contributed by atoms with Crippen molar-refractivity contribution in [3.63, 3.8) is 0 Å². The summed E-state index contributed by atoms with van der Waals surface area (Å²) in [6.07, 6.45) is 0. The molecule has 0 bridgehead atoms. The molecule has 0 spiro atoms. The first-order valence-electron chi connectivity index (χ1n) is 6.87. The summed E-state index contributed by atoms with van der Waals surface area (Å²) in [6, 6.07) is 1.08. The van der Waals surface area contributed by atoms with Gasteiger partial charge in [-0.3, -0.25) is 0 Å². The maximum atomic E-state index is 14.2. The van der Waals surface area contributed by atoms with Crippen LogP contribution in [0.1, 0.15) is 0 Å². The number of hydrogen-bond acceptors (Lipinski definition) is 1. The van der Waals surface area contributed by atoms with Crippen molar-refractivity contribution >= 4 is 19.6 Å². The molecule has 0 heterocycles. The molecule has 26 heavy (non-hydrogen) atoms. The molecule has 0 atom stereocenters. The number of rotatable bonds is 3. The molecule has 0 aliphatic carbocycles. The molecule has 0 aliphatic heterocycles. The SMILES string of the molecule is C[Si](C)(C)N(c1c(F)c(F)[c]c(F)c1F)c1c(F)c(F)c(F)c(F)c1F. The lowest BCUT2D eigenvalue weighted by Crippen LogP contribution is -2.45. The summed E-state index contributed by atoms with van der Waals surface area (Å²) in [4.78, 5) is 0. The van der Waals surface area contributed by atoms with Crippen LogP contribution in [0.25, 0.3) is 0 Å². The van der Waals surface area contributed by atoms with Gasteiger partial charge in [0.15, 0.2) is 54.8 Å². The van der Waals surface area contributed by atoms with Gasteiger partial charge in [0.05, 0.1) is 6.07 Å². The summed E-state index contributed by atoms with van der Waals surface area (Å²) in [5.41, 5.74) is -3.32. The summed E-state index contributed by atoms with van der Waals surface area (Å²) < 4.78 is 124. The molecule has 0 fully saturated rings. The highest BCUT2D eigenvalue weighted by molar-refractivity contribution is 6.81. The smallest absolute Gasteiger partial charge is 0.200 e. The van der Waals surface area contributed by atoms with Gasteiger partial charge in [-0.15, -0.1) is 0 Å². The Morgan fingerprint density at radius 2 is 0.846 bits per heavy atom. The van der Waals surface area contributed by atoms with Crippen molar-refractivity contribution < 1.29 is 39.5 Å². The van der Waals surface area contributed by atoms with Crippen LogP contribution in [0.2, 0.25) is 19.6 Å². The minimum absolute atomic E-state index is 0.0912. The van der Waals surface area contributed by atoms with Crippen molar-refractivity contribution in [2.45, 2.75) is 19.6 Å². The number of hydrogen-bond donors (Lipinski definition) is 0. The second-order valence-electron chi connectivity index (χ2n) is 6.15. The lowest BCUT2D eigenvalue weighted by atomic mass is 10.2. The first-order chi connectivity index (χ1) is 11.8. The van der Waals surface area contributed by atoms with E-state index in [2.05, 4.69) is 0 Å². The van der Waals surface area contributed by atoms with E-state index in [0.717, 1.165) is 6.07 Å². The normalized spacial score (nSPS) is 11.8. The molecular weight excluding hydrogens is 393 g/mol. The Hall–Kier alpha value is -2.17. The lowest BCUT2D eigenvalue weighted by molar-refractivity contribution is 0.380. The molecule has 2 aromatic carbocycles. The van der Waals surface area contributed by atoms with Crippen LogP contribution in [-0.2, 0) is 0 Å². The summed E-state index contributed by atoms with van der Waals surface area (Å²) in [7, 11) is -3.43. The quantitative estimate of drug-likeness (QED) is 0.275. The van der Waals surface area contributed by atoms with Crippen LogP contribution >= 0.6 is 0 Å². The van der Waals surface area contributed by atoms with Gasteiger partial charge in [-0.05, 0) is 0 Å². The first kappa shape index (κ1) is 20.1. The van der Waals surface area contributed by atoms with Crippen LogP contribution in [0.3, 0.4) is 0 Å². The average Bonchev–Trinajstić information content (AvgIpc) is 2.54. The van der Waals surface area contributed by atoms with Crippen molar-refractivity contribution in [3.8, 4) is 0 Å². The van der Waals surface area contributed by atoms with Crippen molar-refractivity contribution in [3.05, 3.63) is 58.4 Å². The third-order valence-corrected chi connectivity index (χ3v) is 5.11. The monoisotopic (exact) mass is 402 g/mol. The fourth-order valence-corrected chi connectivity index (χ4v) is 4.01. The van der Waals surface area contributed by atoms with Gasteiger partial charge in [0.2, 0.25) is 5.82 Å². The Bertz CT molecular complexity index is 837. The summed E-state index contributed by atoms with van der Waals surface area (Å²) in [5.74, 6) is -20.2. The minimum Gasteiger partial charge on any atom is -0.360 e. The first-order valence-corrected chi connectivity index (χ1v) is 10.3. The molecule has 1 radical (unpaired) electrons. The Morgan fingerprint density at radius 3 is 1.19 bits per heavy atom. The van der Waals surface area contributed by atoms with E-state index >= 15 is 0 Å². The number of benzene rings is 2. The van der Waals surface area contributed by atoms with Crippen LogP contribution in [0.15, 0.2) is 0 Å². The zero-order chi connectivity index (χ0) is 20.1. The lowest BCUT2D eigenvalue weighted by Gasteiger charge is -2.37. The molecule has 0 amide bonds. The Kier molecular flexibility index (Phi) is 5.05. The average molecular weight is 402 g/mol. The van der Waals surface area contributed by atoms with E-state index < -0.39 is 72.0 Å². The zero-order valence-corrected chi connectivity index (χ0v) is 14.3. The summed E-state index contributed by atoms with van der Waals surface area (Å²) >= 11 is 0. The topological polar surface area (TPSA) is 3.24 Å². The number of nitrogens with zero attached hydrogens (tertiary/aromatic N) is 1. The third kappa shape index (κ3) is 3.04. The molecule has 1 nitrogen and oxygen atoms in total. The molecule has 2 aromatic rings. The van der Waals surface area contributed by atoms with Gasteiger partial charge in [-0.2, -0.15) is 0 Å². The van der Waals surface area contributed by atoms with Gasteiger partial charge < -0.3 is 4.57 Å². The van der Waals surface area contributed by atoms with Gasteiger partial charge in [0.1, 0.15) is 11.4 Å². The highest BCUT2D eigenvalue weighted by Crippen LogP contribution is 2.41. The molecule has 0 saturated heterocycles. The second-order valence-corrected chi connectivity index (χ2v) is 10.9. The van der Waals surface area contributed by atoms with Gasteiger partial charge >= 0.3 is 0 Å². The van der Waals surface area contributed by atoms with E-state index in [0.29, 0.717) is 0 Å². The standard InChI is InChI=1S/C15H9F9NSi/c1-26(2,3)25(14-7(18)5(16)4-6(17)8(14)19)15-12(23)10(21)9(20)11(22)13(15)24/h1-3H3. The zero-order valence-electron chi connectivity index (χ0n) is 13.3. The summed E-state index contributed by atoms with van der Waals surface area (Å²) in [5, 5.41) is 0. The molecule has 0 aliphatic rings. The van der Waals surface area contributed by atoms with Crippen molar-refractivity contribution in [2.24, 2.45) is 0 Å². The van der Waals surface area contributed by atoms with E-state index in [1.807, 2.05) is 0 Å². The van der Waals surface area contributed by atoms with Gasteiger partial charge in [0, 0.05) is 0 Å². The Balaban J connectivity index is 3.01. The molecular formula is C15H9F9NSi. The van der Waals surface area contributed by atoms with Gasteiger partial charge in [-0.1, -0.05) is 19.6 Å². The molecule has 11 heteroatoms. The fraction of sp³-hybridized carbons (Fsp3) is 0.200. The molecule has 2 rings (SSSR count). The molecule has 0 aromatic heterocycles. The Labute approximate surface area is 142 Å². The Morgan fingerprint density at radius 1 is 0.538 bits per heavy atom. The van der Waals surface area contributed by atoms with E-state index in [-0.39, 0.29) is 4.57 Å². The van der Waals surface area contributed by atoms with Gasteiger partial charge in [-0.25, -0.2) is 39.5 Å². The van der Waals surface area contributed by atoms with E-state index in [4.69, 9.17) is 0 Å². The van der Waals surface area contributed by atoms with Crippen LogP contribution in [0.4, 0.5) is 50.9 Å². The predicted octanol–water partition coefficient (Wildman–Crippen LogP) is 5.71. The molecule has 0 N–H and O–H groups in total. The van der Waals surface area contributed by atoms with Crippen LogP contribution in [-0.4, -0.2) is 8.24 Å². The van der Waals surface area contributed by atoms with Gasteiger partial charge in [0.25, 0.3) is 0 Å². The third-order valence-electron chi connectivity index (χ3n) is 3.33. The van der Waals surface area contributed by atoms with Crippen molar-refractivity contribution in [1.82, 2.24) is 0 Å². The maximum Gasteiger partial charge on any atom is 0.200 e. The largest absolute Gasteiger partial charge is 0.360 e. The number of anilines is 2. The van der Waals surface area contributed by atoms with Crippen molar-refractivity contribution in [1.29, 1.82) is 0 Å². The fourth-order valence-electron chi connectivity index (χ4n) is 2.28. The predicted molar refractivity (Wildman–Crippen MR) is 76.8 cm³/mol. The molecule has 0 unspecified atom stereocenters.